The van der Waals surface area contributed by atoms with Gasteiger partial charge in [0.25, 0.3) is 0 Å². The molecule has 1 fully saturated rings. The van der Waals surface area contributed by atoms with Crippen LogP contribution in [-0.2, 0) is 6.42 Å². The predicted octanol–water partition coefficient (Wildman–Crippen LogP) is 4.29. The summed E-state index contributed by atoms with van der Waals surface area (Å²) in [5.41, 5.74) is 1.39. The van der Waals surface area contributed by atoms with E-state index in [-0.39, 0.29) is 24.0 Å². The summed E-state index contributed by atoms with van der Waals surface area (Å²) in [6.45, 7) is 9.06. The largest absolute Gasteiger partial charge is 0.356 e. The molecule has 0 unspecified atom stereocenters. The molecule has 0 saturated carbocycles. The average molecular weight is 494 g/mol. The number of piperidine rings is 1. The average Bonchev–Trinajstić information content (AvgIpc) is 2.68. The van der Waals surface area contributed by atoms with Crippen LogP contribution in [0.25, 0.3) is 10.8 Å². The maximum absolute atomic E-state index is 4.42. The van der Waals surface area contributed by atoms with Crippen molar-refractivity contribution >= 4 is 40.7 Å². The van der Waals surface area contributed by atoms with Crippen LogP contribution in [-0.4, -0.2) is 50.1 Å². The standard InChI is InChI=1S/C23H34N4.HI/c1-18(2)17-27-15-12-21(13-16-27)26-23(24-3)25-14-11-20-9-6-8-19-7-4-5-10-22(19)20;/h4-10,18,21H,11-17H2,1-3H3,(H2,24,25,26);1H. The van der Waals surface area contributed by atoms with E-state index in [0.717, 1.165) is 24.8 Å². The molecule has 0 radical (unpaired) electrons. The second-order valence-electron chi connectivity index (χ2n) is 8.00. The minimum absolute atomic E-state index is 0. The first-order chi connectivity index (χ1) is 13.2. The SMILES string of the molecule is CN=C(NCCc1cccc2ccccc12)NC1CCN(CC(C)C)CC1.I. The first-order valence-electron chi connectivity index (χ1n) is 10.3. The van der Waals surface area contributed by atoms with Gasteiger partial charge in [-0.05, 0) is 41.5 Å². The third-order valence-corrected chi connectivity index (χ3v) is 5.34. The van der Waals surface area contributed by atoms with Crippen molar-refractivity contribution in [3.8, 4) is 0 Å². The minimum Gasteiger partial charge on any atom is -0.356 e. The number of halogens is 1. The van der Waals surface area contributed by atoms with Crippen LogP contribution in [0, 0.1) is 5.92 Å². The monoisotopic (exact) mass is 494 g/mol. The van der Waals surface area contributed by atoms with Crippen LogP contribution in [0.2, 0.25) is 0 Å². The Morgan fingerprint density at radius 3 is 2.54 bits per heavy atom. The molecule has 1 heterocycles. The predicted molar refractivity (Wildman–Crippen MR) is 132 cm³/mol. The minimum atomic E-state index is 0. The lowest BCUT2D eigenvalue weighted by atomic mass is 10.0. The molecule has 0 aromatic heterocycles. The second kappa shape index (κ2) is 11.6. The lowest BCUT2D eigenvalue weighted by molar-refractivity contribution is 0.187. The number of aliphatic imine (C=N–C) groups is 1. The molecule has 0 amide bonds. The summed E-state index contributed by atoms with van der Waals surface area (Å²) in [5, 5.41) is 9.77. The van der Waals surface area contributed by atoms with E-state index in [9.17, 15) is 0 Å². The van der Waals surface area contributed by atoms with Gasteiger partial charge < -0.3 is 15.5 Å². The third-order valence-electron chi connectivity index (χ3n) is 5.34. The molecule has 2 aromatic rings. The molecule has 0 spiro atoms. The highest BCUT2D eigenvalue weighted by Gasteiger charge is 2.20. The van der Waals surface area contributed by atoms with Gasteiger partial charge in [-0.15, -0.1) is 24.0 Å². The summed E-state index contributed by atoms with van der Waals surface area (Å²) in [6, 6.07) is 15.7. The van der Waals surface area contributed by atoms with Gasteiger partial charge in [0.05, 0.1) is 0 Å². The number of hydrogen-bond acceptors (Lipinski definition) is 2. The molecule has 5 heteroatoms. The van der Waals surface area contributed by atoms with E-state index in [1.54, 1.807) is 0 Å². The molecule has 1 aliphatic rings. The Hall–Kier alpha value is -1.34. The number of guanidine groups is 1. The Kier molecular flexibility index (Phi) is 9.51. The van der Waals surface area contributed by atoms with E-state index in [4.69, 9.17) is 0 Å². The fourth-order valence-corrected chi connectivity index (χ4v) is 3.99. The smallest absolute Gasteiger partial charge is 0.191 e. The Bertz CT molecular complexity index is 746. The molecular weight excluding hydrogens is 459 g/mol. The zero-order valence-corrected chi connectivity index (χ0v) is 19.8. The highest BCUT2D eigenvalue weighted by Crippen LogP contribution is 2.18. The van der Waals surface area contributed by atoms with Crippen LogP contribution in [0.5, 0.6) is 0 Å². The van der Waals surface area contributed by atoms with Gasteiger partial charge in [-0.3, -0.25) is 4.99 Å². The van der Waals surface area contributed by atoms with Crippen LogP contribution in [0.1, 0.15) is 32.3 Å². The maximum Gasteiger partial charge on any atom is 0.191 e. The van der Waals surface area contributed by atoms with E-state index in [0.29, 0.717) is 6.04 Å². The van der Waals surface area contributed by atoms with Gasteiger partial charge in [-0.2, -0.15) is 0 Å². The van der Waals surface area contributed by atoms with Crippen molar-refractivity contribution in [1.29, 1.82) is 0 Å². The molecule has 1 aliphatic heterocycles. The lowest BCUT2D eigenvalue weighted by Gasteiger charge is -2.34. The van der Waals surface area contributed by atoms with Crippen molar-refractivity contribution in [3.63, 3.8) is 0 Å². The molecule has 2 N–H and O–H groups in total. The number of fused-ring (bicyclic) bond motifs is 1. The molecule has 28 heavy (non-hydrogen) atoms. The quantitative estimate of drug-likeness (QED) is 0.358. The Labute approximate surface area is 187 Å². The topological polar surface area (TPSA) is 39.7 Å². The highest BCUT2D eigenvalue weighted by atomic mass is 127. The summed E-state index contributed by atoms with van der Waals surface area (Å²) in [6.07, 6.45) is 3.38. The zero-order chi connectivity index (χ0) is 19.1. The van der Waals surface area contributed by atoms with Gasteiger partial charge in [0.2, 0.25) is 0 Å². The van der Waals surface area contributed by atoms with Gasteiger partial charge in [-0.25, -0.2) is 0 Å². The van der Waals surface area contributed by atoms with Crippen LogP contribution in [0.3, 0.4) is 0 Å². The second-order valence-corrected chi connectivity index (χ2v) is 8.00. The summed E-state index contributed by atoms with van der Waals surface area (Å²) >= 11 is 0. The number of hydrogen-bond donors (Lipinski definition) is 2. The Balaban J connectivity index is 0.00000280. The third kappa shape index (κ3) is 6.62. The fraction of sp³-hybridized carbons (Fsp3) is 0.522. The molecule has 4 nitrogen and oxygen atoms in total. The van der Waals surface area contributed by atoms with Gasteiger partial charge in [0.15, 0.2) is 5.96 Å². The van der Waals surface area contributed by atoms with E-state index in [2.05, 4.69) is 76.8 Å². The van der Waals surface area contributed by atoms with Crippen LogP contribution in [0.15, 0.2) is 47.5 Å². The number of nitrogens with one attached hydrogen (secondary N) is 2. The van der Waals surface area contributed by atoms with E-state index in [1.165, 1.54) is 48.8 Å². The summed E-state index contributed by atoms with van der Waals surface area (Å²) in [4.78, 5) is 7.01. The van der Waals surface area contributed by atoms with E-state index < -0.39 is 0 Å². The first-order valence-corrected chi connectivity index (χ1v) is 10.3. The zero-order valence-electron chi connectivity index (χ0n) is 17.4. The first kappa shape index (κ1) is 22.9. The molecule has 0 aliphatic carbocycles. The summed E-state index contributed by atoms with van der Waals surface area (Å²) < 4.78 is 0. The maximum atomic E-state index is 4.42. The van der Waals surface area contributed by atoms with Gasteiger partial charge >= 0.3 is 0 Å². The van der Waals surface area contributed by atoms with Crippen molar-refractivity contribution in [2.24, 2.45) is 10.9 Å². The van der Waals surface area contributed by atoms with E-state index >= 15 is 0 Å². The van der Waals surface area contributed by atoms with Crippen LogP contribution >= 0.6 is 24.0 Å². The molecule has 0 atom stereocenters. The van der Waals surface area contributed by atoms with Crippen molar-refractivity contribution in [2.45, 2.75) is 39.2 Å². The molecule has 1 saturated heterocycles. The molecular formula is C23H35IN4. The number of benzene rings is 2. The number of likely N-dealkylation sites (tertiary alicyclic amines) is 1. The van der Waals surface area contributed by atoms with Crippen molar-refractivity contribution < 1.29 is 0 Å². The number of rotatable bonds is 6. The van der Waals surface area contributed by atoms with Crippen molar-refractivity contribution in [1.82, 2.24) is 15.5 Å². The molecule has 0 bridgehead atoms. The van der Waals surface area contributed by atoms with Crippen molar-refractivity contribution in [3.05, 3.63) is 48.0 Å². The Morgan fingerprint density at radius 2 is 1.82 bits per heavy atom. The normalized spacial score (nSPS) is 16.2. The fourth-order valence-electron chi connectivity index (χ4n) is 3.99. The van der Waals surface area contributed by atoms with Gasteiger partial charge in [0, 0.05) is 39.3 Å². The Morgan fingerprint density at radius 1 is 1.11 bits per heavy atom. The summed E-state index contributed by atoms with van der Waals surface area (Å²) in [7, 11) is 1.86. The molecule has 3 rings (SSSR count). The van der Waals surface area contributed by atoms with Crippen LogP contribution in [0.4, 0.5) is 0 Å². The van der Waals surface area contributed by atoms with Gasteiger partial charge in [0.1, 0.15) is 0 Å². The summed E-state index contributed by atoms with van der Waals surface area (Å²) in [5.74, 6) is 1.68. The highest BCUT2D eigenvalue weighted by molar-refractivity contribution is 14.0. The molecule has 2 aromatic carbocycles. The van der Waals surface area contributed by atoms with Crippen LogP contribution < -0.4 is 10.6 Å². The van der Waals surface area contributed by atoms with E-state index in [1.807, 2.05) is 7.05 Å². The number of nitrogens with zero attached hydrogens (tertiary/aromatic N) is 2. The van der Waals surface area contributed by atoms with Gasteiger partial charge in [-0.1, -0.05) is 56.3 Å². The molecule has 154 valence electrons. The van der Waals surface area contributed by atoms with Crippen molar-refractivity contribution in [2.75, 3.05) is 33.2 Å². The lowest BCUT2D eigenvalue weighted by Crippen LogP contribution is -2.49.